The molecule has 0 N–H and O–H groups in total. The zero-order valence-electron chi connectivity index (χ0n) is 14.5. The van der Waals surface area contributed by atoms with E-state index >= 15 is 0 Å². The van der Waals surface area contributed by atoms with Gasteiger partial charge in [0.05, 0.1) is 18.9 Å². The summed E-state index contributed by atoms with van der Waals surface area (Å²) >= 11 is 0. The molecular weight excluding hydrogens is 335 g/mol. The van der Waals surface area contributed by atoms with Gasteiger partial charge in [-0.2, -0.15) is 0 Å². The van der Waals surface area contributed by atoms with Crippen LogP contribution in [0.4, 0.5) is 9.18 Å². The standard InChI is InChI=1S/C19H21FN4O2/c20-15-3-1-14(2-4-15)18-16-5-7-23(8-6-17(16)21-13-22-18)19(25)24-9-11-26-12-10-24/h1-4,13H,5-12H2. The van der Waals surface area contributed by atoms with Crippen molar-refractivity contribution in [3.05, 3.63) is 47.7 Å². The molecule has 2 aromatic rings. The molecule has 0 bridgehead atoms. The number of amides is 2. The van der Waals surface area contributed by atoms with Crippen LogP contribution in [0.1, 0.15) is 11.3 Å². The Hall–Kier alpha value is -2.54. The number of fused-ring (bicyclic) bond motifs is 1. The number of halogens is 1. The fourth-order valence-corrected chi connectivity index (χ4v) is 3.53. The molecule has 0 atom stereocenters. The lowest BCUT2D eigenvalue weighted by Gasteiger charge is -2.32. The molecule has 0 unspecified atom stereocenters. The number of hydrogen-bond donors (Lipinski definition) is 0. The van der Waals surface area contributed by atoms with E-state index in [9.17, 15) is 9.18 Å². The first-order valence-electron chi connectivity index (χ1n) is 8.92. The third kappa shape index (κ3) is 3.39. The molecule has 136 valence electrons. The van der Waals surface area contributed by atoms with E-state index in [2.05, 4.69) is 9.97 Å². The maximum atomic E-state index is 13.2. The number of urea groups is 1. The highest BCUT2D eigenvalue weighted by Gasteiger charge is 2.26. The second-order valence-corrected chi connectivity index (χ2v) is 6.52. The average molecular weight is 356 g/mol. The van der Waals surface area contributed by atoms with Crippen molar-refractivity contribution in [1.82, 2.24) is 19.8 Å². The Morgan fingerprint density at radius 3 is 2.42 bits per heavy atom. The third-order valence-electron chi connectivity index (χ3n) is 4.95. The highest BCUT2D eigenvalue weighted by atomic mass is 19.1. The second-order valence-electron chi connectivity index (χ2n) is 6.52. The summed E-state index contributed by atoms with van der Waals surface area (Å²) in [5.41, 5.74) is 3.72. The summed E-state index contributed by atoms with van der Waals surface area (Å²) in [5.74, 6) is -0.267. The summed E-state index contributed by atoms with van der Waals surface area (Å²) in [6, 6.07) is 6.42. The molecule has 1 aromatic heterocycles. The van der Waals surface area contributed by atoms with Gasteiger partial charge < -0.3 is 14.5 Å². The molecule has 4 rings (SSSR count). The predicted octanol–water partition coefficient (Wildman–Crippen LogP) is 2.14. The van der Waals surface area contributed by atoms with E-state index in [1.54, 1.807) is 18.5 Å². The Kier molecular flexibility index (Phi) is 4.79. The van der Waals surface area contributed by atoms with E-state index in [4.69, 9.17) is 4.74 Å². The number of benzene rings is 1. The van der Waals surface area contributed by atoms with Crippen molar-refractivity contribution in [2.75, 3.05) is 39.4 Å². The summed E-state index contributed by atoms with van der Waals surface area (Å²) in [7, 11) is 0. The minimum Gasteiger partial charge on any atom is -0.378 e. The van der Waals surface area contributed by atoms with Gasteiger partial charge in [-0.15, -0.1) is 0 Å². The molecular formula is C19H21FN4O2. The maximum absolute atomic E-state index is 13.2. The van der Waals surface area contributed by atoms with Crippen molar-refractivity contribution in [2.24, 2.45) is 0 Å². The average Bonchev–Trinajstić information content (AvgIpc) is 2.91. The van der Waals surface area contributed by atoms with Gasteiger partial charge in [0.25, 0.3) is 0 Å². The largest absolute Gasteiger partial charge is 0.378 e. The minimum absolute atomic E-state index is 0.0670. The number of nitrogens with zero attached hydrogens (tertiary/aromatic N) is 4. The van der Waals surface area contributed by atoms with Crippen molar-refractivity contribution in [1.29, 1.82) is 0 Å². The Morgan fingerprint density at radius 2 is 1.65 bits per heavy atom. The molecule has 26 heavy (non-hydrogen) atoms. The number of aromatic nitrogens is 2. The SMILES string of the molecule is O=C(N1CCOCC1)N1CCc2ncnc(-c3ccc(F)cc3)c2CC1. The lowest BCUT2D eigenvalue weighted by atomic mass is 10.0. The smallest absolute Gasteiger partial charge is 0.320 e. The molecule has 3 heterocycles. The monoisotopic (exact) mass is 356 g/mol. The van der Waals surface area contributed by atoms with Crippen LogP contribution in [0, 0.1) is 5.82 Å². The number of hydrogen-bond acceptors (Lipinski definition) is 4. The molecule has 1 fully saturated rings. The molecule has 1 saturated heterocycles. The quantitative estimate of drug-likeness (QED) is 0.786. The topological polar surface area (TPSA) is 58.6 Å². The predicted molar refractivity (Wildman–Crippen MR) is 94.2 cm³/mol. The number of carbonyl (C=O) groups is 1. The Balaban J connectivity index is 1.55. The fourth-order valence-electron chi connectivity index (χ4n) is 3.53. The van der Waals surface area contributed by atoms with Gasteiger partial charge in [0, 0.05) is 49.4 Å². The highest BCUT2D eigenvalue weighted by Crippen LogP contribution is 2.26. The third-order valence-corrected chi connectivity index (χ3v) is 4.95. The molecule has 0 spiro atoms. The minimum atomic E-state index is -0.267. The van der Waals surface area contributed by atoms with E-state index in [0.717, 1.165) is 22.5 Å². The summed E-state index contributed by atoms with van der Waals surface area (Å²) in [4.78, 5) is 25.4. The summed E-state index contributed by atoms with van der Waals surface area (Å²) in [5, 5.41) is 0. The highest BCUT2D eigenvalue weighted by molar-refractivity contribution is 5.75. The molecule has 0 radical (unpaired) electrons. The van der Waals surface area contributed by atoms with Crippen LogP contribution in [0.25, 0.3) is 11.3 Å². The van der Waals surface area contributed by atoms with Crippen molar-refractivity contribution >= 4 is 6.03 Å². The van der Waals surface area contributed by atoms with Gasteiger partial charge >= 0.3 is 6.03 Å². The normalized spacial score (nSPS) is 17.6. The first-order valence-corrected chi connectivity index (χ1v) is 8.92. The van der Waals surface area contributed by atoms with Crippen LogP contribution in [0.15, 0.2) is 30.6 Å². The van der Waals surface area contributed by atoms with Gasteiger partial charge in [-0.3, -0.25) is 0 Å². The molecule has 7 heteroatoms. The lowest BCUT2D eigenvalue weighted by molar-refractivity contribution is 0.0436. The fraction of sp³-hybridized carbons (Fsp3) is 0.421. The van der Waals surface area contributed by atoms with Crippen molar-refractivity contribution in [2.45, 2.75) is 12.8 Å². The van der Waals surface area contributed by atoms with Gasteiger partial charge in [-0.25, -0.2) is 19.2 Å². The van der Waals surface area contributed by atoms with E-state index < -0.39 is 0 Å². The van der Waals surface area contributed by atoms with Crippen molar-refractivity contribution in [3.63, 3.8) is 0 Å². The second kappa shape index (κ2) is 7.37. The van der Waals surface area contributed by atoms with E-state index in [-0.39, 0.29) is 11.8 Å². The molecule has 0 saturated carbocycles. The Morgan fingerprint density at radius 1 is 0.962 bits per heavy atom. The molecule has 2 aliphatic rings. The van der Waals surface area contributed by atoms with Crippen molar-refractivity contribution < 1.29 is 13.9 Å². The first-order chi connectivity index (χ1) is 12.7. The van der Waals surface area contributed by atoms with Crippen LogP contribution >= 0.6 is 0 Å². The van der Waals surface area contributed by atoms with Gasteiger partial charge in [0.2, 0.25) is 0 Å². The summed E-state index contributed by atoms with van der Waals surface area (Å²) in [6.07, 6.45) is 2.94. The number of rotatable bonds is 1. The Labute approximate surface area is 151 Å². The Bertz CT molecular complexity index is 791. The van der Waals surface area contributed by atoms with E-state index in [1.165, 1.54) is 12.1 Å². The van der Waals surface area contributed by atoms with Crippen molar-refractivity contribution in [3.8, 4) is 11.3 Å². The molecule has 6 nitrogen and oxygen atoms in total. The van der Waals surface area contributed by atoms with Gasteiger partial charge in [0.1, 0.15) is 12.1 Å². The van der Waals surface area contributed by atoms with Crippen LogP contribution in [-0.2, 0) is 17.6 Å². The lowest BCUT2D eigenvalue weighted by Crippen LogP contribution is -2.48. The van der Waals surface area contributed by atoms with Gasteiger partial charge in [-0.1, -0.05) is 0 Å². The number of ether oxygens (including phenoxy) is 1. The van der Waals surface area contributed by atoms with Crippen LogP contribution in [0.2, 0.25) is 0 Å². The zero-order chi connectivity index (χ0) is 17.9. The van der Waals surface area contributed by atoms with Crippen LogP contribution in [0.3, 0.4) is 0 Å². The maximum Gasteiger partial charge on any atom is 0.320 e. The summed E-state index contributed by atoms with van der Waals surface area (Å²) < 4.78 is 18.6. The molecule has 2 amide bonds. The number of carbonyl (C=O) groups excluding carboxylic acids is 1. The first kappa shape index (κ1) is 16.9. The summed E-state index contributed by atoms with van der Waals surface area (Å²) in [6.45, 7) is 3.75. The van der Waals surface area contributed by atoms with E-state index in [1.807, 2.05) is 9.80 Å². The van der Waals surface area contributed by atoms with Crippen LogP contribution in [0.5, 0.6) is 0 Å². The van der Waals surface area contributed by atoms with Gasteiger partial charge in [0.15, 0.2) is 0 Å². The van der Waals surface area contributed by atoms with Crippen LogP contribution < -0.4 is 0 Å². The zero-order valence-corrected chi connectivity index (χ0v) is 14.5. The van der Waals surface area contributed by atoms with Crippen LogP contribution in [-0.4, -0.2) is 65.2 Å². The molecule has 2 aliphatic heterocycles. The molecule has 0 aliphatic carbocycles. The van der Waals surface area contributed by atoms with Gasteiger partial charge in [-0.05, 0) is 30.7 Å². The number of morpholine rings is 1. The van der Waals surface area contributed by atoms with E-state index in [0.29, 0.717) is 52.2 Å². The molecule has 1 aromatic carbocycles.